The van der Waals surface area contributed by atoms with Crippen molar-refractivity contribution in [2.24, 2.45) is 5.92 Å². The molecule has 0 bridgehead atoms. The van der Waals surface area contributed by atoms with Crippen molar-refractivity contribution in [3.63, 3.8) is 0 Å². The summed E-state index contributed by atoms with van der Waals surface area (Å²) in [5, 5.41) is 9.05. The van der Waals surface area contributed by atoms with Gasteiger partial charge in [0.25, 0.3) is 0 Å². The van der Waals surface area contributed by atoms with Crippen molar-refractivity contribution in [2.45, 2.75) is 45.4 Å². The van der Waals surface area contributed by atoms with Crippen LogP contribution in [0.1, 0.15) is 45.4 Å². The number of allylic oxidation sites excluding steroid dienone is 1. The number of ether oxygens (including phenoxy) is 1. The van der Waals surface area contributed by atoms with Gasteiger partial charge in [0, 0.05) is 13.2 Å². The van der Waals surface area contributed by atoms with Crippen LogP contribution in [0.3, 0.4) is 0 Å². The molecule has 1 atom stereocenters. The van der Waals surface area contributed by atoms with Crippen molar-refractivity contribution < 1.29 is 9.84 Å². The second-order valence-corrected chi connectivity index (χ2v) is 4.42. The summed E-state index contributed by atoms with van der Waals surface area (Å²) in [4.78, 5) is 0. The third-order valence-corrected chi connectivity index (χ3v) is 3.07. The molecule has 15 heavy (non-hydrogen) atoms. The summed E-state index contributed by atoms with van der Waals surface area (Å²) >= 11 is 0. The molecule has 0 saturated carbocycles. The van der Waals surface area contributed by atoms with Gasteiger partial charge in [-0.2, -0.15) is 0 Å². The fraction of sp³-hybridized carbons (Fsp3) is 0.846. The lowest BCUT2D eigenvalue weighted by Crippen LogP contribution is -2.11. The predicted molar refractivity (Wildman–Crippen MR) is 62.9 cm³/mol. The van der Waals surface area contributed by atoms with Crippen LogP contribution in [0.25, 0.3) is 0 Å². The maximum Gasteiger partial charge on any atom is 0.0641 e. The average Bonchev–Trinajstić information content (AvgIpc) is 2.29. The van der Waals surface area contributed by atoms with Crippen LogP contribution in [-0.4, -0.2) is 24.9 Å². The highest BCUT2D eigenvalue weighted by Crippen LogP contribution is 2.26. The Bertz CT molecular complexity index is 187. The van der Waals surface area contributed by atoms with Crippen molar-refractivity contribution in [1.82, 2.24) is 0 Å². The van der Waals surface area contributed by atoms with E-state index in [-0.39, 0.29) is 6.61 Å². The van der Waals surface area contributed by atoms with E-state index in [1.54, 1.807) is 0 Å². The molecule has 0 amide bonds. The summed E-state index contributed by atoms with van der Waals surface area (Å²) in [7, 11) is 0. The zero-order chi connectivity index (χ0) is 10.9. The maximum atomic E-state index is 9.05. The molecule has 0 aromatic carbocycles. The summed E-state index contributed by atoms with van der Waals surface area (Å²) in [6.45, 7) is 4.23. The van der Waals surface area contributed by atoms with Gasteiger partial charge in [-0.25, -0.2) is 0 Å². The van der Waals surface area contributed by atoms with E-state index in [1.807, 2.05) is 0 Å². The molecule has 0 spiro atoms. The Morgan fingerprint density at radius 3 is 3.07 bits per heavy atom. The van der Waals surface area contributed by atoms with Gasteiger partial charge in [0.2, 0.25) is 0 Å². The molecule has 0 saturated heterocycles. The first-order valence-corrected chi connectivity index (χ1v) is 6.23. The summed E-state index contributed by atoms with van der Waals surface area (Å²) in [6.07, 6.45) is 9.20. The minimum atomic E-state index is 0.243. The van der Waals surface area contributed by atoms with Crippen LogP contribution in [0.15, 0.2) is 11.6 Å². The third kappa shape index (κ3) is 5.33. The summed E-state index contributed by atoms with van der Waals surface area (Å²) < 4.78 is 5.56. The SMILES string of the molecule is CCCCOCCC1CCC=C(CO)C1. The Balaban J connectivity index is 2.04. The lowest BCUT2D eigenvalue weighted by molar-refractivity contribution is 0.115. The van der Waals surface area contributed by atoms with E-state index in [1.165, 1.54) is 24.8 Å². The highest BCUT2D eigenvalue weighted by atomic mass is 16.5. The van der Waals surface area contributed by atoms with E-state index in [0.717, 1.165) is 38.4 Å². The van der Waals surface area contributed by atoms with Crippen LogP contribution in [0, 0.1) is 5.92 Å². The van der Waals surface area contributed by atoms with Crippen molar-refractivity contribution >= 4 is 0 Å². The molecule has 0 aromatic heterocycles. The molecule has 1 aliphatic rings. The summed E-state index contributed by atoms with van der Waals surface area (Å²) in [6, 6.07) is 0. The largest absolute Gasteiger partial charge is 0.392 e. The van der Waals surface area contributed by atoms with Gasteiger partial charge in [0.1, 0.15) is 0 Å². The normalized spacial score (nSPS) is 21.5. The number of hydrogen-bond acceptors (Lipinski definition) is 2. The second kappa shape index (κ2) is 7.89. The van der Waals surface area contributed by atoms with E-state index in [9.17, 15) is 0 Å². The lowest BCUT2D eigenvalue weighted by Gasteiger charge is -2.21. The Kier molecular flexibility index (Phi) is 6.69. The highest BCUT2D eigenvalue weighted by molar-refractivity contribution is 5.06. The molecule has 1 unspecified atom stereocenters. The third-order valence-electron chi connectivity index (χ3n) is 3.07. The molecular formula is C13H24O2. The fourth-order valence-electron chi connectivity index (χ4n) is 2.05. The molecule has 2 nitrogen and oxygen atoms in total. The van der Waals surface area contributed by atoms with E-state index < -0.39 is 0 Å². The Hall–Kier alpha value is -0.340. The smallest absolute Gasteiger partial charge is 0.0641 e. The second-order valence-electron chi connectivity index (χ2n) is 4.42. The number of aliphatic hydroxyl groups excluding tert-OH is 1. The van der Waals surface area contributed by atoms with Gasteiger partial charge < -0.3 is 9.84 Å². The molecule has 0 radical (unpaired) electrons. The maximum absolute atomic E-state index is 9.05. The first-order valence-electron chi connectivity index (χ1n) is 6.23. The van der Waals surface area contributed by atoms with E-state index in [0.29, 0.717) is 0 Å². The van der Waals surface area contributed by atoms with Crippen LogP contribution in [0.2, 0.25) is 0 Å². The van der Waals surface area contributed by atoms with Gasteiger partial charge >= 0.3 is 0 Å². The van der Waals surface area contributed by atoms with Gasteiger partial charge in [0.05, 0.1) is 6.61 Å². The van der Waals surface area contributed by atoms with Crippen LogP contribution < -0.4 is 0 Å². The molecule has 1 rings (SSSR count). The average molecular weight is 212 g/mol. The molecule has 88 valence electrons. The Morgan fingerprint density at radius 1 is 1.47 bits per heavy atom. The van der Waals surface area contributed by atoms with Gasteiger partial charge in [-0.05, 0) is 43.6 Å². The molecule has 0 aromatic rings. The van der Waals surface area contributed by atoms with Crippen LogP contribution in [0.4, 0.5) is 0 Å². The number of hydrogen-bond donors (Lipinski definition) is 1. The number of aliphatic hydroxyl groups is 1. The van der Waals surface area contributed by atoms with Crippen molar-refractivity contribution in [2.75, 3.05) is 19.8 Å². The van der Waals surface area contributed by atoms with Crippen molar-refractivity contribution in [3.8, 4) is 0 Å². The van der Waals surface area contributed by atoms with Crippen molar-refractivity contribution in [3.05, 3.63) is 11.6 Å². The van der Waals surface area contributed by atoms with E-state index in [2.05, 4.69) is 13.0 Å². The first-order chi connectivity index (χ1) is 7.36. The minimum Gasteiger partial charge on any atom is -0.392 e. The minimum absolute atomic E-state index is 0.243. The molecular weight excluding hydrogens is 188 g/mol. The van der Waals surface area contributed by atoms with Gasteiger partial charge in [-0.1, -0.05) is 19.4 Å². The molecule has 2 heteroatoms. The summed E-state index contributed by atoms with van der Waals surface area (Å²) in [5.74, 6) is 0.735. The first kappa shape index (κ1) is 12.7. The molecule has 0 heterocycles. The quantitative estimate of drug-likeness (QED) is 0.519. The lowest BCUT2D eigenvalue weighted by atomic mass is 9.87. The molecule has 0 aliphatic heterocycles. The molecule has 1 N–H and O–H groups in total. The monoisotopic (exact) mass is 212 g/mol. The van der Waals surface area contributed by atoms with Crippen molar-refractivity contribution in [1.29, 1.82) is 0 Å². The topological polar surface area (TPSA) is 29.5 Å². The number of rotatable bonds is 7. The van der Waals surface area contributed by atoms with Gasteiger partial charge in [-0.15, -0.1) is 0 Å². The van der Waals surface area contributed by atoms with Gasteiger partial charge in [-0.3, -0.25) is 0 Å². The molecule has 1 aliphatic carbocycles. The van der Waals surface area contributed by atoms with Crippen LogP contribution in [-0.2, 0) is 4.74 Å². The highest BCUT2D eigenvalue weighted by Gasteiger charge is 2.14. The standard InChI is InChI=1S/C13H24O2/c1-2-3-8-15-9-7-12-5-4-6-13(10-12)11-14/h6,12,14H,2-5,7-11H2,1H3. The number of unbranched alkanes of at least 4 members (excludes halogenated alkanes) is 1. The Labute approximate surface area is 93.3 Å². The Morgan fingerprint density at radius 2 is 2.33 bits per heavy atom. The zero-order valence-corrected chi connectivity index (χ0v) is 9.87. The molecule has 0 fully saturated rings. The predicted octanol–water partition coefficient (Wildman–Crippen LogP) is 2.91. The van der Waals surface area contributed by atoms with E-state index in [4.69, 9.17) is 9.84 Å². The summed E-state index contributed by atoms with van der Waals surface area (Å²) in [5.41, 5.74) is 1.22. The zero-order valence-electron chi connectivity index (χ0n) is 9.87. The van der Waals surface area contributed by atoms with E-state index >= 15 is 0 Å². The van der Waals surface area contributed by atoms with Crippen LogP contribution in [0.5, 0.6) is 0 Å². The fourth-order valence-corrected chi connectivity index (χ4v) is 2.05. The van der Waals surface area contributed by atoms with Gasteiger partial charge in [0.15, 0.2) is 0 Å². The van der Waals surface area contributed by atoms with Crippen LogP contribution >= 0.6 is 0 Å².